The van der Waals surface area contributed by atoms with Gasteiger partial charge in [-0.2, -0.15) is 0 Å². The van der Waals surface area contributed by atoms with Gasteiger partial charge in [-0.1, -0.05) is 136 Å². The normalized spacial score (nSPS) is 12.1. The Morgan fingerprint density at radius 1 is 0.562 bits per heavy atom. The van der Waals surface area contributed by atoms with Crippen LogP contribution in [-0.4, -0.2) is 23.1 Å². The molecular formula is C28H54O4. The third-order valence-electron chi connectivity index (χ3n) is 6.35. The molecule has 1 atom stereocenters. The second kappa shape index (κ2) is 24.6. The highest BCUT2D eigenvalue weighted by atomic mass is 16.6. The summed E-state index contributed by atoms with van der Waals surface area (Å²) in [5, 5.41) is 9.35. The molecule has 0 aromatic carbocycles. The average Bonchev–Trinajstić information content (AvgIpc) is 2.77. The number of rotatable bonds is 25. The van der Waals surface area contributed by atoms with Crippen molar-refractivity contribution in [2.24, 2.45) is 0 Å². The van der Waals surface area contributed by atoms with E-state index in [-0.39, 0.29) is 5.97 Å². The fourth-order valence-electron chi connectivity index (χ4n) is 4.20. The van der Waals surface area contributed by atoms with E-state index in [1.807, 2.05) is 0 Å². The maximum atomic E-state index is 12.0. The van der Waals surface area contributed by atoms with Gasteiger partial charge < -0.3 is 9.84 Å². The molecule has 0 aliphatic carbocycles. The zero-order valence-electron chi connectivity index (χ0n) is 21.5. The highest BCUT2D eigenvalue weighted by Crippen LogP contribution is 2.15. The number of aliphatic carboxylic acids is 1. The van der Waals surface area contributed by atoms with Gasteiger partial charge in [0.2, 0.25) is 0 Å². The van der Waals surface area contributed by atoms with Gasteiger partial charge in [0.05, 0.1) is 0 Å². The van der Waals surface area contributed by atoms with E-state index in [2.05, 4.69) is 13.8 Å². The van der Waals surface area contributed by atoms with Gasteiger partial charge in [0.1, 0.15) is 0 Å². The molecule has 0 aromatic heterocycles. The van der Waals surface area contributed by atoms with Crippen molar-refractivity contribution in [1.29, 1.82) is 0 Å². The van der Waals surface area contributed by atoms with E-state index >= 15 is 0 Å². The van der Waals surface area contributed by atoms with Crippen molar-refractivity contribution in [1.82, 2.24) is 0 Å². The molecule has 0 fully saturated rings. The zero-order valence-corrected chi connectivity index (χ0v) is 21.5. The van der Waals surface area contributed by atoms with Gasteiger partial charge in [0, 0.05) is 6.42 Å². The Morgan fingerprint density at radius 3 is 1.28 bits per heavy atom. The Kier molecular flexibility index (Phi) is 23.8. The van der Waals surface area contributed by atoms with Gasteiger partial charge in [-0.3, -0.25) is 4.79 Å². The molecule has 0 rings (SSSR count). The molecule has 0 radical (unpaired) electrons. The van der Waals surface area contributed by atoms with Crippen molar-refractivity contribution in [3.05, 3.63) is 0 Å². The molecule has 0 amide bonds. The standard InChI is InChI=1S/C28H54O4/c1-3-5-7-9-11-13-15-17-19-21-23-25-27(29)32-26(28(30)31)24-22-20-18-16-14-12-10-8-6-4-2/h26H,3-25H2,1-2H3,(H,30,31). The van der Waals surface area contributed by atoms with Crippen molar-refractivity contribution >= 4 is 11.9 Å². The number of ether oxygens (including phenoxy) is 1. The molecule has 0 saturated heterocycles. The molecule has 0 aromatic rings. The molecule has 0 aliphatic rings. The minimum Gasteiger partial charge on any atom is -0.479 e. The molecule has 1 unspecified atom stereocenters. The Morgan fingerprint density at radius 2 is 0.906 bits per heavy atom. The van der Waals surface area contributed by atoms with Crippen LogP contribution in [0, 0.1) is 0 Å². The topological polar surface area (TPSA) is 63.6 Å². The summed E-state index contributed by atoms with van der Waals surface area (Å²) < 4.78 is 5.25. The summed E-state index contributed by atoms with van der Waals surface area (Å²) in [7, 11) is 0. The van der Waals surface area contributed by atoms with Crippen molar-refractivity contribution in [2.45, 2.75) is 168 Å². The van der Waals surface area contributed by atoms with E-state index in [9.17, 15) is 14.7 Å². The number of esters is 1. The molecule has 1 N–H and O–H groups in total. The number of unbranched alkanes of at least 4 members (excludes halogenated alkanes) is 19. The number of carbonyl (C=O) groups excluding carboxylic acids is 1. The molecule has 0 aliphatic heterocycles. The lowest BCUT2D eigenvalue weighted by Gasteiger charge is -2.13. The van der Waals surface area contributed by atoms with Gasteiger partial charge in [0.25, 0.3) is 0 Å². The van der Waals surface area contributed by atoms with Crippen LogP contribution in [0.4, 0.5) is 0 Å². The second-order valence-electron chi connectivity index (χ2n) is 9.57. The van der Waals surface area contributed by atoms with Crippen molar-refractivity contribution in [3.8, 4) is 0 Å². The first-order valence-corrected chi connectivity index (χ1v) is 14.0. The van der Waals surface area contributed by atoms with Crippen LogP contribution < -0.4 is 0 Å². The second-order valence-corrected chi connectivity index (χ2v) is 9.57. The van der Waals surface area contributed by atoms with Crippen LogP contribution in [0.1, 0.15) is 162 Å². The maximum Gasteiger partial charge on any atom is 0.345 e. The Labute approximate surface area is 199 Å². The molecule has 190 valence electrons. The lowest BCUT2D eigenvalue weighted by Crippen LogP contribution is -2.27. The van der Waals surface area contributed by atoms with E-state index in [1.165, 1.54) is 96.3 Å². The van der Waals surface area contributed by atoms with E-state index in [0.29, 0.717) is 12.8 Å². The minimum atomic E-state index is -1.01. The van der Waals surface area contributed by atoms with E-state index in [1.54, 1.807) is 0 Å². The predicted octanol–water partition coefficient (Wildman–Crippen LogP) is 8.99. The Bertz CT molecular complexity index is 422. The van der Waals surface area contributed by atoms with E-state index < -0.39 is 12.1 Å². The number of carbonyl (C=O) groups is 2. The monoisotopic (exact) mass is 454 g/mol. The summed E-state index contributed by atoms with van der Waals surface area (Å²) >= 11 is 0. The fourth-order valence-corrected chi connectivity index (χ4v) is 4.20. The lowest BCUT2D eigenvalue weighted by atomic mass is 10.0. The number of carboxylic acids is 1. The van der Waals surface area contributed by atoms with Crippen molar-refractivity contribution < 1.29 is 19.4 Å². The van der Waals surface area contributed by atoms with Crippen LogP contribution in [0.2, 0.25) is 0 Å². The summed E-state index contributed by atoms with van der Waals surface area (Å²) in [4.78, 5) is 23.4. The van der Waals surface area contributed by atoms with Crippen LogP contribution in [0.5, 0.6) is 0 Å². The molecule has 0 spiro atoms. The number of hydrogen-bond donors (Lipinski definition) is 1. The third kappa shape index (κ3) is 22.1. The lowest BCUT2D eigenvalue weighted by molar-refractivity contribution is -0.164. The largest absolute Gasteiger partial charge is 0.479 e. The molecule has 0 bridgehead atoms. The maximum absolute atomic E-state index is 12.0. The summed E-state index contributed by atoms with van der Waals surface area (Å²) in [5.74, 6) is -1.35. The number of carboxylic acid groups (broad SMARTS) is 1. The molecule has 0 heterocycles. The highest BCUT2D eigenvalue weighted by Gasteiger charge is 2.21. The van der Waals surface area contributed by atoms with Gasteiger partial charge in [-0.05, 0) is 19.3 Å². The molecule has 32 heavy (non-hydrogen) atoms. The van der Waals surface area contributed by atoms with Crippen molar-refractivity contribution in [2.75, 3.05) is 0 Å². The average molecular weight is 455 g/mol. The van der Waals surface area contributed by atoms with Crippen LogP contribution >= 0.6 is 0 Å². The molecule has 4 heteroatoms. The van der Waals surface area contributed by atoms with Gasteiger partial charge >= 0.3 is 11.9 Å². The summed E-state index contributed by atoms with van der Waals surface area (Å²) in [6.07, 6.45) is 25.5. The highest BCUT2D eigenvalue weighted by molar-refractivity contribution is 5.77. The van der Waals surface area contributed by atoms with Crippen LogP contribution in [-0.2, 0) is 14.3 Å². The van der Waals surface area contributed by atoms with Crippen molar-refractivity contribution in [3.63, 3.8) is 0 Å². The molecule has 0 saturated carbocycles. The van der Waals surface area contributed by atoms with Crippen LogP contribution in [0.15, 0.2) is 0 Å². The van der Waals surface area contributed by atoms with E-state index in [4.69, 9.17) is 4.74 Å². The smallest absolute Gasteiger partial charge is 0.345 e. The zero-order chi connectivity index (χ0) is 23.7. The van der Waals surface area contributed by atoms with E-state index in [0.717, 1.165) is 38.5 Å². The summed E-state index contributed by atoms with van der Waals surface area (Å²) in [6.45, 7) is 4.48. The predicted molar refractivity (Wildman–Crippen MR) is 135 cm³/mol. The van der Waals surface area contributed by atoms with Gasteiger partial charge in [-0.25, -0.2) is 4.79 Å². The molecular weight excluding hydrogens is 400 g/mol. The fraction of sp³-hybridized carbons (Fsp3) is 0.929. The first-order valence-electron chi connectivity index (χ1n) is 14.0. The van der Waals surface area contributed by atoms with Gasteiger partial charge in [0.15, 0.2) is 6.10 Å². The summed E-state index contributed by atoms with van der Waals surface area (Å²) in [6, 6.07) is 0. The first kappa shape index (κ1) is 30.9. The van der Waals surface area contributed by atoms with Crippen LogP contribution in [0.3, 0.4) is 0 Å². The Balaban J connectivity index is 3.60. The summed E-state index contributed by atoms with van der Waals surface area (Å²) in [5.41, 5.74) is 0. The van der Waals surface area contributed by atoms with Gasteiger partial charge in [-0.15, -0.1) is 0 Å². The first-order chi connectivity index (χ1) is 15.6. The quantitative estimate of drug-likeness (QED) is 0.110. The molecule has 4 nitrogen and oxygen atoms in total. The Hall–Kier alpha value is -1.06. The SMILES string of the molecule is CCCCCCCCCCCCCC(=O)OC(CCCCCCCCCCCC)C(=O)O. The number of hydrogen-bond acceptors (Lipinski definition) is 3. The minimum absolute atomic E-state index is 0.346. The van der Waals surface area contributed by atoms with Crippen LogP contribution in [0.25, 0.3) is 0 Å². The third-order valence-corrected chi connectivity index (χ3v) is 6.35.